The third-order valence-electron chi connectivity index (χ3n) is 2.08. The molecule has 0 aromatic heterocycles. The van der Waals surface area contributed by atoms with Gasteiger partial charge in [-0.2, -0.15) is 5.26 Å². The van der Waals surface area contributed by atoms with Gasteiger partial charge in [0.05, 0.1) is 33.0 Å². The van der Waals surface area contributed by atoms with E-state index in [0.29, 0.717) is 22.8 Å². The van der Waals surface area contributed by atoms with Crippen LogP contribution in [0.25, 0.3) is 6.08 Å². The highest BCUT2D eigenvalue weighted by Gasteiger charge is 2.10. The number of methoxy groups -OCH3 is 3. The number of ether oxygens (including phenoxy) is 3. The van der Waals surface area contributed by atoms with Crippen LogP contribution in [0.2, 0.25) is 0 Å². The fourth-order valence-corrected chi connectivity index (χ4v) is 1.32. The topological polar surface area (TPSA) is 51.5 Å². The predicted octanol–water partition coefficient (Wildman–Crippen LogP) is 2.25. The smallest absolute Gasteiger partial charge is 0.133 e. The van der Waals surface area contributed by atoms with Crippen LogP contribution in [-0.2, 0) is 0 Å². The van der Waals surface area contributed by atoms with Gasteiger partial charge in [-0.1, -0.05) is 0 Å². The summed E-state index contributed by atoms with van der Waals surface area (Å²) in [5, 5.41) is 8.51. The van der Waals surface area contributed by atoms with Gasteiger partial charge in [-0.25, -0.2) is 0 Å². The Hall–Kier alpha value is -2.15. The molecule has 0 aliphatic heterocycles. The van der Waals surface area contributed by atoms with Crippen molar-refractivity contribution < 1.29 is 14.2 Å². The van der Waals surface area contributed by atoms with Crippen LogP contribution >= 0.6 is 0 Å². The first-order chi connectivity index (χ1) is 7.76. The zero-order valence-corrected chi connectivity index (χ0v) is 9.48. The second kappa shape index (κ2) is 5.66. The van der Waals surface area contributed by atoms with Crippen LogP contribution in [0.1, 0.15) is 5.56 Å². The van der Waals surface area contributed by atoms with Crippen molar-refractivity contribution in [3.05, 3.63) is 23.8 Å². The van der Waals surface area contributed by atoms with E-state index in [9.17, 15) is 0 Å². The van der Waals surface area contributed by atoms with Crippen molar-refractivity contribution in [2.45, 2.75) is 0 Å². The van der Waals surface area contributed by atoms with Gasteiger partial charge in [0, 0.05) is 18.2 Å². The van der Waals surface area contributed by atoms with Gasteiger partial charge >= 0.3 is 0 Å². The molecule has 1 aromatic carbocycles. The van der Waals surface area contributed by atoms with Crippen LogP contribution in [0, 0.1) is 11.3 Å². The average molecular weight is 219 g/mol. The lowest BCUT2D eigenvalue weighted by molar-refractivity contribution is 0.374. The van der Waals surface area contributed by atoms with E-state index in [0.717, 1.165) is 0 Å². The van der Waals surface area contributed by atoms with Crippen molar-refractivity contribution >= 4 is 6.08 Å². The van der Waals surface area contributed by atoms with Gasteiger partial charge in [0.15, 0.2) is 0 Å². The van der Waals surface area contributed by atoms with Crippen LogP contribution in [0.3, 0.4) is 0 Å². The Kier molecular flexibility index (Phi) is 4.22. The van der Waals surface area contributed by atoms with Gasteiger partial charge in [0.1, 0.15) is 17.2 Å². The first-order valence-electron chi connectivity index (χ1n) is 4.63. The number of benzene rings is 1. The highest BCUT2D eigenvalue weighted by atomic mass is 16.5. The van der Waals surface area contributed by atoms with Crippen LogP contribution in [0.4, 0.5) is 0 Å². The number of hydrogen-bond acceptors (Lipinski definition) is 4. The molecule has 0 spiro atoms. The molecule has 0 unspecified atom stereocenters. The summed E-state index contributed by atoms with van der Waals surface area (Å²) in [6.45, 7) is 0. The van der Waals surface area contributed by atoms with E-state index in [2.05, 4.69) is 0 Å². The molecule has 84 valence electrons. The Bertz CT molecular complexity index is 407. The summed E-state index contributed by atoms with van der Waals surface area (Å²) in [6.07, 6.45) is 3.00. The average Bonchev–Trinajstić information content (AvgIpc) is 2.35. The molecule has 1 aromatic rings. The molecule has 0 heterocycles. The Labute approximate surface area is 94.7 Å². The van der Waals surface area contributed by atoms with Gasteiger partial charge in [-0.05, 0) is 6.08 Å². The summed E-state index contributed by atoms with van der Waals surface area (Å²) in [5.74, 6) is 1.84. The summed E-state index contributed by atoms with van der Waals surface area (Å²) < 4.78 is 15.5. The van der Waals surface area contributed by atoms with Gasteiger partial charge in [0.25, 0.3) is 0 Å². The normalized spacial score (nSPS) is 9.88. The van der Waals surface area contributed by atoms with Crippen molar-refractivity contribution in [1.82, 2.24) is 0 Å². The van der Waals surface area contributed by atoms with Gasteiger partial charge in [-0.3, -0.25) is 0 Å². The molecule has 4 heteroatoms. The Morgan fingerprint density at radius 1 is 1.06 bits per heavy atom. The molecule has 4 nitrogen and oxygen atoms in total. The largest absolute Gasteiger partial charge is 0.496 e. The summed E-state index contributed by atoms with van der Waals surface area (Å²) in [6, 6.07) is 5.40. The third kappa shape index (κ3) is 2.45. The summed E-state index contributed by atoms with van der Waals surface area (Å²) >= 11 is 0. The van der Waals surface area contributed by atoms with Crippen molar-refractivity contribution in [2.24, 2.45) is 0 Å². The highest BCUT2D eigenvalue weighted by Crippen LogP contribution is 2.34. The summed E-state index contributed by atoms with van der Waals surface area (Å²) in [5.41, 5.74) is 0.715. The fraction of sp³-hybridized carbons (Fsp3) is 0.250. The van der Waals surface area contributed by atoms with E-state index in [1.54, 1.807) is 39.5 Å². The predicted molar refractivity (Wildman–Crippen MR) is 60.7 cm³/mol. The Morgan fingerprint density at radius 3 is 2.00 bits per heavy atom. The van der Waals surface area contributed by atoms with Crippen LogP contribution < -0.4 is 14.2 Å². The van der Waals surface area contributed by atoms with Crippen LogP contribution in [0.5, 0.6) is 17.2 Å². The van der Waals surface area contributed by atoms with Crippen molar-refractivity contribution in [1.29, 1.82) is 5.26 Å². The molecule has 0 radical (unpaired) electrons. The molecular weight excluding hydrogens is 206 g/mol. The number of rotatable bonds is 4. The molecular formula is C12H13NO3. The molecule has 0 bridgehead atoms. The number of hydrogen-bond donors (Lipinski definition) is 0. The van der Waals surface area contributed by atoms with E-state index in [1.807, 2.05) is 6.07 Å². The summed E-state index contributed by atoms with van der Waals surface area (Å²) in [7, 11) is 4.68. The van der Waals surface area contributed by atoms with E-state index in [1.165, 1.54) is 6.08 Å². The molecule has 0 N–H and O–H groups in total. The van der Waals surface area contributed by atoms with Gasteiger partial charge in [-0.15, -0.1) is 0 Å². The first kappa shape index (κ1) is 11.9. The van der Waals surface area contributed by atoms with E-state index < -0.39 is 0 Å². The van der Waals surface area contributed by atoms with Crippen LogP contribution in [-0.4, -0.2) is 21.3 Å². The minimum Gasteiger partial charge on any atom is -0.496 e. The molecule has 16 heavy (non-hydrogen) atoms. The third-order valence-corrected chi connectivity index (χ3v) is 2.08. The molecule has 0 saturated heterocycles. The van der Waals surface area contributed by atoms with Crippen molar-refractivity contribution in [2.75, 3.05) is 21.3 Å². The maximum absolute atomic E-state index is 8.51. The van der Waals surface area contributed by atoms with Crippen molar-refractivity contribution in [3.8, 4) is 23.3 Å². The molecule has 0 fully saturated rings. The number of nitrogens with zero attached hydrogens (tertiary/aromatic N) is 1. The van der Waals surface area contributed by atoms with E-state index >= 15 is 0 Å². The Morgan fingerprint density at radius 2 is 1.62 bits per heavy atom. The number of allylic oxidation sites excluding steroid dienone is 1. The van der Waals surface area contributed by atoms with Gasteiger partial charge in [0.2, 0.25) is 0 Å². The zero-order chi connectivity index (χ0) is 12.0. The minimum atomic E-state index is 0.600. The maximum atomic E-state index is 8.51. The maximum Gasteiger partial charge on any atom is 0.133 e. The lowest BCUT2D eigenvalue weighted by atomic mass is 10.1. The van der Waals surface area contributed by atoms with E-state index in [4.69, 9.17) is 19.5 Å². The molecule has 1 rings (SSSR count). The second-order valence-electron chi connectivity index (χ2n) is 2.91. The molecule has 0 atom stereocenters. The van der Waals surface area contributed by atoms with Crippen molar-refractivity contribution in [3.63, 3.8) is 0 Å². The molecule has 0 amide bonds. The molecule has 0 aliphatic rings. The SMILES string of the molecule is COc1cc(OC)c(/C=C/C#N)c(OC)c1. The number of nitriles is 1. The molecule has 0 aliphatic carbocycles. The quantitative estimate of drug-likeness (QED) is 0.729. The van der Waals surface area contributed by atoms with Crippen LogP contribution in [0.15, 0.2) is 18.2 Å². The zero-order valence-electron chi connectivity index (χ0n) is 9.48. The summed E-state index contributed by atoms with van der Waals surface area (Å²) in [4.78, 5) is 0. The molecule has 0 saturated carbocycles. The minimum absolute atomic E-state index is 0.600. The lowest BCUT2D eigenvalue weighted by Crippen LogP contribution is -1.94. The Balaban J connectivity index is 3.32. The first-order valence-corrected chi connectivity index (χ1v) is 4.63. The highest BCUT2D eigenvalue weighted by molar-refractivity contribution is 5.67. The standard InChI is InChI=1S/C12H13NO3/c1-14-9-7-11(15-2)10(5-4-6-13)12(8-9)16-3/h4-5,7-8H,1-3H3/b5-4+. The fourth-order valence-electron chi connectivity index (χ4n) is 1.32. The van der Waals surface area contributed by atoms with Gasteiger partial charge < -0.3 is 14.2 Å². The monoisotopic (exact) mass is 219 g/mol. The van der Waals surface area contributed by atoms with E-state index in [-0.39, 0.29) is 0 Å². The second-order valence-corrected chi connectivity index (χ2v) is 2.91. The lowest BCUT2D eigenvalue weighted by Gasteiger charge is -2.12.